The molecule has 0 unspecified atom stereocenters. The molecule has 0 saturated carbocycles. The fourth-order valence-corrected chi connectivity index (χ4v) is 5.47. The number of aryl methyl sites for hydroxylation is 1. The summed E-state index contributed by atoms with van der Waals surface area (Å²) >= 11 is 1.25. The van der Waals surface area contributed by atoms with Gasteiger partial charge in [0, 0.05) is 34.7 Å². The lowest BCUT2D eigenvalue weighted by Gasteiger charge is -2.28. The van der Waals surface area contributed by atoms with E-state index in [2.05, 4.69) is 11.1 Å². The smallest absolute Gasteiger partial charge is 0.337 e. The Hall–Kier alpha value is -3.54. The van der Waals surface area contributed by atoms with Crippen LogP contribution < -0.4 is 4.74 Å². The van der Waals surface area contributed by atoms with Crippen LogP contribution in [0.25, 0.3) is 32.2 Å². The highest BCUT2D eigenvalue weighted by molar-refractivity contribution is 7.19. The molecule has 0 fully saturated rings. The number of benzene rings is 2. The van der Waals surface area contributed by atoms with E-state index < -0.39 is 17.7 Å². The van der Waals surface area contributed by atoms with E-state index in [0.29, 0.717) is 28.3 Å². The summed E-state index contributed by atoms with van der Waals surface area (Å²) < 4.78 is 12.7. The zero-order chi connectivity index (χ0) is 24.2. The van der Waals surface area contributed by atoms with Gasteiger partial charge in [-0.15, -0.1) is 11.3 Å². The van der Waals surface area contributed by atoms with Crippen molar-refractivity contribution in [3.8, 4) is 22.9 Å². The lowest BCUT2D eigenvalue weighted by molar-refractivity contribution is -0.160. The van der Waals surface area contributed by atoms with Gasteiger partial charge in [0.15, 0.2) is 11.1 Å². The molecule has 0 spiro atoms. The number of fused-ring (bicyclic) bond motifs is 1. The van der Waals surface area contributed by atoms with Crippen molar-refractivity contribution >= 4 is 38.4 Å². The molecule has 1 N–H and O–H groups in total. The number of hydrogen-bond donors (Lipinski definition) is 1. The summed E-state index contributed by atoms with van der Waals surface area (Å²) in [6, 6.07) is 9.77. The van der Waals surface area contributed by atoms with E-state index in [1.54, 1.807) is 6.20 Å². The van der Waals surface area contributed by atoms with Crippen LogP contribution in [0.4, 0.5) is 0 Å². The Bertz CT molecular complexity index is 1500. The Morgan fingerprint density at radius 1 is 1.32 bits per heavy atom. The van der Waals surface area contributed by atoms with Crippen molar-refractivity contribution in [1.29, 1.82) is 5.26 Å². The molecule has 0 aliphatic carbocycles. The van der Waals surface area contributed by atoms with Gasteiger partial charge in [0.1, 0.15) is 11.8 Å². The van der Waals surface area contributed by atoms with Crippen molar-refractivity contribution in [1.82, 2.24) is 9.97 Å². The van der Waals surface area contributed by atoms with E-state index in [-0.39, 0.29) is 0 Å². The second-order valence-corrected chi connectivity index (χ2v) is 10.3. The van der Waals surface area contributed by atoms with Crippen LogP contribution in [0.1, 0.15) is 48.6 Å². The first-order valence-electron chi connectivity index (χ1n) is 11.0. The first kappa shape index (κ1) is 22.3. The monoisotopic (exact) mass is 473 g/mol. The molecule has 7 nitrogen and oxygen atoms in total. The van der Waals surface area contributed by atoms with Crippen molar-refractivity contribution in [2.75, 3.05) is 6.61 Å². The maximum atomic E-state index is 12.5. The predicted octanol–water partition coefficient (Wildman–Crippen LogP) is 5.57. The van der Waals surface area contributed by atoms with Gasteiger partial charge in [-0.25, -0.2) is 9.78 Å². The maximum absolute atomic E-state index is 12.5. The number of nitriles is 1. The Labute approximate surface area is 200 Å². The van der Waals surface area contributed by atoms with E-state index in [4.69, 9.17) is 14.5 Å². The second-order valence-electron chi connectivity index (χ2n) is 9.31. The van der Waals surface area contributed by atoms with Gasteiger partial charge in [0.2, 0.25) is 0 Å². The number of carbonyl (C=O) groups is 1. The molecule has 0 radical (unpaired) electrons. The number of rotatable bonds is 4. The minimum atomic E-state index is -1.21. The Morgan fingerprint density at radius 3 is 2.82 bits per heavy atom. The fourth-order valence-electron chi connectivity index (χ4n) is 4.55. The molecular weight excluding hydrogens is 450 g/mol. The van der Waals surface area contributed by atoms with Gasteiger partial charge in [-0.3, -0.25) is 4.98 Å². The van der Waals surface area contributed by atoms with Crippen molar-refractivity contribution in [2.45, 2.75) is 45.8 Å². The fraction of sp³-hybridized carbons (Fsp3) is 0.308. The molecule has 0 saturated heterocycles. The number of ether oxygens (including phenoxy) is 2. The largest absolute Gasteiger partial charge is 0.493 e. The molecule has 34 heavy (non-hydrogen) atoms. The summed E-state index contributed by atoms with van der Waals surface area (Å²) in [5.41, 5.74) is 4.55. The lowest BCUT2D eigenvalue weighted by Crippen LogP contribution is -2.28. The van der Waals surface area contributed by atoms with Crippen molar-refractivity contribution in [3.05, 3.63) is 52.2 Å². The summed E-state index contributed by atoms with van der Waals surface area (Å²) in [6.45, 7) is 7.95. The van der Waals surface area contributed by atoms with Gasteiger partial charge in [-0.1, -0.05) is 0 Å². The number of aromatic nitrogens is 2. The van der Waals surface area contributed by atoms with Crippen LogP contribution in [-0.2, 0) is 16.0 Å². The number of hydrogen-bond acceptors (Lipinski definition) is 7. The van der Waals surface area contributed by atoms with E-state index in [9.17, 15) is 15.2 Å². The molecule has 3 heterocycles. The molecule has 2 aromatic heterocycles. The zero-order valence-corrected chi connectivity index (χ0v) is 20.1. The standard InChI is InChI=1S/C26H23N3O4S/c1-13-11-16-24(34-18(12-27)29-16)21(19(13)23(25(30)31)33-26(2,3)4)15-5-6-17-20-14(8-10-32-17)7-9-28-22(15)20/h5-7,9,11,23H,8,10H2,1-4H3,(H,30,31)/t23-/m0/s1. The highest BCUT2D eigenvalue weighted by Crippen LogP contribution is 2.46. The van der Waals surface area contributed by atoms with Crippen molar-refractivity contribution in [3.63, 3.8) is 0 Å². The van der Waals surface area contributed by atoms with Crippen LogP contribution in [0.2, 0.25) is 0 Å². The average Bonchev–Trinajstić information content (AvgIpc) is 3.20. The first-order chi connectivity index (χ1) is 16.2. The summed E-state index contributed by atoms with van der Waals surface area (Å²) in [5, 5.41) is 21.0. The normalized spacial score (nSPS) is 14.1. The summed E-state index contributed by atoms with van der Waals surface area (Å²) in [5.74, 6) is -0.316. The minimum Gasteiger partial charge on any atom is -0.493 e. The number of thiazole rings is 1. The van der Waals surface area contributed by atoms with Crippen LogP contribution in [0.15, 0.2) is 30.5 Å². The topological polar surface area (TPSA) is 105 Å². The van der Waals surface area contributed by atoms with Crippen LogP contribution in [0.3, 0.4) is 0 Å². The van der Waals surface area contributed by atoms with Crippen molar-refractivity contribution in [2.24, 2.45) is 0 Å². The average molecular weight is 474 g/mol. The van der Waals surface area contributed by atoms with Crippen LogP contribution in [-0.4, -0.2) is 33.3 Å². The summed E-state index contributed by atoms with van der Waals surface area (Å²) in [6.07, 6.45) is 1.33. The Morgan fingerprint density at radius 2 is 2.12 bits per heavy atom. The number of carboxylic acid groups (broad SMARTS) is 1. The zero-order valence-electron chi connectivity index (χ0n) is 19.3. The van der Waals surface area contributed by atoms with E-state index in [1.807, 2.05) is 52.0 Å². The van der Waals surface area contributed by atoms with Crippen molar-refractivity contribution < 1.29 is 19.4 Å². The Kier molecular flexibility index (Phi) is 5.27. The minimum absolute atomic E-state index is 0.315. The van der Waals surface area contributed by atoms with E-state index in [0.717, 1.165) is 44.5 Å². The summed E-state index contributed by atoms with van der Waals surface area (Å²) in [7, 11) is 0. The third-order valence-electron chi connectivity index (χ3n) is 5.82. The molecule has 1 aliphatic heterocycles. The maximum Gasteiger partial charge on any atom is 0.337 e. The molecular formula is C26H23N3O4S. The quantitative estimate of drug-likeness (QED) is 0.413. The third-order valence-corrected chi connectivity index (χ3v) is 6.81. The first-order valence-corrected chi connectivity index (χ1v) is 11.8. The van der Waals surface area contributed by atoms with Gasteiger partial charge in [0.05, 0.1) is 27.9 Å². The van der Waals surface area contributed by atoms with Gasteiger partial charge < -0.3 is 14.6 Å². The molecule has 172 valence electrons. The molecule has 0 bridgehead atoms. The third kappa shape index (κ3) is 3.67. The van der Waals surface area contributed by atoms with E-state index >= 15 is 0 Å². The van der Waals surface area contributed by atoms with Gasteiger partial charge in [-0.2, -0.15) is 5.26 Å². The highest BCUT2D eigenvalue weighted by Gasteiger charge is 2.33. The molecule has 8 heteroatoms. The molecule has 0 amide bonds. The highest BCUT2D eigenvalue weighted by atomic mass is 32.1. The molecule has 2 aromatic carbocycles. The lowest BCUT2D eigenvalue weighted by atomic mass is 9.89. The SMILES string of the molecule is Cc1cc2nc(C#N)sc2c(-c2ccc3c4c(ccnc24)CCO3)c1[C@H](OC(C)(C)C)C(=O)O. The Balaban J connectivity index is 1.91. The number of nitrogens with zero attached hydrogens (tertiary/aromatic N) is 3. The van der Waals surface area contributed by atoms with Gasteiger partial charge in [0.25, 0.3) is 0 Å². The second kappa shape index (κ2) is 8.05. The van der Waals surface area contributed by atoms with Gasteiger partial charge >= 0.3 is 5.97 Å². The van der Waals surface area contributed by atoms with Gasteiger partial charge in [-0.05, 0) is 63.1 Å². The summed E-state index contributed by atoms with van der Waals surface area (Å²) in [4.78, 5) is 21.7. The van der Waals surface area contributed by atoms with Crippen LogP contribution >= 0.6 is 11.3 Å². The van der Waals surface area contributed by atoms with E-state index in [1.165, 1.54) is 11.3 Å². The number of carboxylic acids is 1. The van der Waals surface area contributed by atoms with Crippen LogP contribution in [0.5, 0.6) is 5.75 Å². The molecule has 1 atom stereocenters. The number of pyridine rings is 1. The molecule has 4 aromatic rings. The molecule has 1 aliphatic rings. The van der Waals surface area contributed by atoms with Crippen LogP contribution in [0, 0.1) is 18.3 Å². The number of aliphatic carboxylic acids is 1. The molecule has 5 rings (SSSR count). The predicted molar refractivity (Wildman–Crippen MR) is 130 cm³/mol.